The summed E-state index contributed by atoms with van der Waals surface area (Å²) < 4.78 is 88.5. The van der Waals surface area contributed by atoms with E-state index in [1.54, 1.807) is 0 Å². The number of halogens is 3. The average Bonchev–Trinajstić information content (AvgIpc) is 2.96. The van der Waals surface area contributed by atoms with Gasteiger partial charge < -0.3 is 4.90 Å². The van der Waals surface area contributed by atoms with Crippen LogP contribution in [-0.4, -0.2) is 68.6 Å². The highest BCUT2D eigenvalue weighted by molar-refractivity contribution is 7.92. The van der Waals surface area contributed by atoms with Gasteiger partial charge >= 0.3 is 21.7 Å². The number of aromatic nitrogens is 1. The molecule has 11 nitrogen and oxygen atoms in total. The monoisotopic (exact) mass is 535 g/mol. The molecule has 1 aliphatic rings. The van der Waals surface area contributed by atoms with Crippen LogP contribution in [0.25, 0.3) is 0 Å². The lowest BCUT2D eigenvalue weighted by atomic mass is 10.2. The maximum Gasteiger partial charge on any atom is 0.501 e. The summed E-state index contributed by atoms with van der Waals surface area (Å²) in [6, 6.07) is 4.34. The van der Waals surface area contributed by atoms with Gasteiger partial charge in [-0.05, 0) is 48.9 Å². The maximum absolute atomic E-state index is 13.0. The van der Waals surface area contributed by atoms with Gasteiger partial charge in [0.05, 0.1) is 10.6 Å². The largest absolute Gasteiger partial charge is 0.501 e. The van der Waals surface area contributed by atoms with Gasteiger partial charge in [-0.2, -0.15) is 25.9 Å². The van der Waals surface area contributed by atoms with Crippen LogP contribution in [-0.2, 0) is 31.4 Å². The lowest BCUT2D eigenvalue weighted by Gasteiger charge is -2.20. The second-order valence-electron chi connectivity index (χ2n) is 7.64. The molecule has 3 amide bonds. The Hall–Kier alpha value is -3.24. The van der Waals surface area contributed by atoms with E-state index in [4.69, 9.17) is 0 Å². The molecule has 1 unspecified atom stereocenters. The lowest BCUT2D eigenvalue weighted by molar-refractivity contribution is -0.119. The zero-order valence-electron chi connectivity index (χ0n) is 18.5. The minimum absolute atomic E-state index is 0.0138. The van der Waals surface area contributed by atoms with Gasteiger partial charge in [0.1, 0.15) is 11.9 Å². The highest BCUT2D eigenvalue weighted by Gasteiger charge is 2.47. The highest BCUT2D eigenvalue weighted by atomic mass is 32.2. The first-order chi connectivity index (χ1) is 16.1. The van der Waals surface area contributed by atoms with Gasteiger partial charge in [0.15, 0.2) is 0 Å². The Labute approximate surface area is 199 Å². The lowest BCUT2D eigenvalue weighted by Crippen LogP contribution is -2.33. The summed E-state index contributed by atoms with van der Waals surface area (Å²) >= 11 is 0. The summed E-state index contributed by atoms with van der Waals surface area (Å²) in [5.74, 6) is -0.691. The van der Waals surface area contributed by atoms with E-state index in [0.29, 0.717) is 17.7 Å². The zero-order valence-corrected chi connectivity index (χ0v) is 20.1. The quantitative estimate of drug-likeness (QED) is 0.535. The molecule has 190 valence electrons. The molecule has 1 fully saturated rings. The molecule has 2 aromatic rings. The molecule has 0 saturated carbocycles. The first-order valence-corrected chi connectivity index (χ1v) is 12.7. The van der Waals surface area contributed by atoms with Gasteiger partial charge in [0.2, 0.25) is 0 Å². The summed E-state index contributed by atoms with van der Waals surface area (Å²) in [5.41, 5.74) is -5.16. The number of nitrogens with one attached hydrogen (secondary N) is 1. The molecule has 0 aliphatic carbocycles. The third-order valence-corrected chi connectivity index (χ3v) is 8.01. The van der Waals surface area contributed by atoms with Crippen molar-refractivity contribution in [3.05, 3.63) is 48.2 Å². The molecular formula is C19H20F3N5O6S2. The summed E-state index contributed by atoms with van der Waals surface area (Å²) in [6.07, 6.45) is 1.31. The third-order valence-electron chi connectivity index (χ3n) is 5.08. The van der Waals surface area contributed by atoms with E-state index in [9.17, 15) is 39.6 Å². The predicted molar refractivity (Wildman–Crippen MR) is 118 cm³/mol. The van der Waals surface area contributed by atoms with E-state index >= 15 is 0 Å². The fourth-order valence-corrected chi connectivity index (χ4v) is 4.43. The van der Waals surface area contributed by atoms with Crippen LogP contribution in [0.15, 0.2) is 47.5 Å². The molecule has 0 spiro atoms. The van der Waals surface area contributed by atoms with Crippen molar-refractivity contribution >= 4 is 43.5 Å². The molecule has 1 N–H and O–H groups in total. The number of carbonyl (C=O) groups is 2. The first-order valence-electron chi connectivity index (χ1n) is 9.77. The van der Waals surface area contributed by atoms with Gasteiger partial charge in [-0.25, -0.2) is 23.1 Å². The number of amides is 3. The molecule has 1 aromatic heterocycles. The maximum atomic E-state index is 13.0. The third kappa shape index (κ3) is 5.08. The van der Waals surface area contributed by atoms with Crippen LogP contribution in [0.5, 0.6) is 0 Å². The molecule has 1 atom stereocenters. The van der Waals surface area contributed by atoms with Crippen molar-refractivity contribution in [2.45, 2.75) is 29.9 Å². The van der Waals surface area contributed by atoms with E-state index in [1.807, 2.05) is 0 Å². The Morgan fingerprint density at radius 1 is 1.06 bits per heavy atom. The van der Waals surface area contributed by atoms with Gasteiger partial charge in [0, 0.05) is 26.8 Å². The van der Waals surface area contributed by atoms with Crippen LogP contribution in [0.1, 0.15) is 12.5 Å². The van der Waals surface area contributed by atoms with Crippen LogP contribution in [0.3, 0.4) is 0 Å². The molecule has 1 aromatic carbocycles. The number of urea groups is 1. The van der Waals surface area contributed by atoms with Crippen molar-refractivity contribution in [3.63, 3.8) is 0 Å². The smallest absolute Gasteiger partial charge is 0.308 e. The first kappa shape index (κ1) is 26.4. The number of benzene rings is 1. The fraction of sp³-hybridized carbons (Fsp3) is 0.316. The van der Waals surface area contributed by atoms with Crippen LogP contribution in [0.2, 0.25) is 0 Å². The standard InChI is InChI=1S/C19H20F3N5O6S2/c1-12-17(28)27(14-4-6-15(7-5-14)34(30,31)19(20,21)22)18(29)26(12)11-13-8-9-23-16(10-13)24-35(32,33)25(2)3/h4-10,12H,11H2,1-3H3,(H,23,24). The number of carbonyl (C=O) groups excluding carboxylic acids is 2. The van der Waals surface area contributed by atoms with E-state index in [1.165, 1.54) is 44.2 Å². The van der Waals surface area contributed by atoms with Gasteiger partial charge in [-0.3, -0.25) is 9.52 Å². The number of nitrogens with zero attached hydrogens (tertiary/aromatic N) is 4. The van der Waals surface area contributed by atoms with Crippen molar-refractivity contribution in [1.82, 2.24) is 14.2 Å². The molecule has 16 heteroatoms. The number of sulfone groups is 1. The number of hydrogen-bond donors (Lipinski definition) is 1. The Kier molecular flexibility index (Phi) is 6.84. The molecule has 1 saturated heterocycles. The van der Waals surface area contributed by atoms with E-state index in [2.05, 4.69) is 9.71 Å². The minimum atomic E-state index is -5.59. The van der Waals surface area contributed by atoms with Crippen LogP contribution in [0.4, 0.5) is 29.5 Å². The fourth-order valence-electron chi connectivity index (χ4n) is 3.11. The molecule has 35 heavy (non-hydrogen) atoms. The summed E-state index contributed by atoms with van der Waals surface area (Å²) in [7, 11) is -6.77. The number of anilines is 2. The van der Waals surface area contributed by atoms with Gasteiger partial charge in [-0.15, -0.1) is 0 Å². The molecule has 1 aliphatic heterocycles. The normalized spacial score (nSPS) is 17.4. The SMILES string of the molecule is CC1C(=O)N(c2ccc(S(=O)(=O)C(F)(F)F)cc2)C(=O)N1Cc1ccnc(NS(=O)(=O)N(C)C)c1. The van der Waals surface area contributed by atoms with Crippen LogP contribution < -0.4 is 9.62 Å². The van der Waals surface area contributed by atoms with Gasteiger partial charge in [-0.1, -0.05) is 0 Å². The number of alkyl halides is 3. The van der Waals surface area contributed by atoms with Gasteiger partial charge in [0.25, 0.3) is 15.7 Å². The van der Waals surface area contributed by atoms with Crippen molar-refractivity contribution in [2.24, 2.45) is 0 Å². The topological polar surface area (TPSA) is 137 Å². The number of pyridine rings is 1. The molecule has 0 bridgehead atoms. The zero-order chi connectivity index (χ0) is 26.3. The number of rotatable bonds is 7. The summed E-state index contributed by atoms with van der Waals surface area (Å²) in [4.78, 5) is 30.5. The van der Waals surface area contributed by atoms with Crippen LogP contribution >= 0.6 is 0 Å². The molecule has 0 radical (unpaired) electrons. The van der Waals surface area contributed by atoms with Crippen molar-refractivity contribution in [2.75, 3.05) is 23.7 Å². The second-order valence-corrected chi connectivity index (χ2v) is 11.5. The number of imide groups is 1. The van der Waals surface area contributed by atoms with E-state index < -0.39 is 48.4 Å². The van der Waals surface area contributed by atoms with Crippen molar-refractivity contribution in [1.29, 1.82) is 0 Å². The summed E-state index contributed by atoms with van der Waals surface area (Å²) in [5, 5.41) is 0. The Balaban J connectivity index is 1.83. The van der Waals surface area contributed by atoms with E-state index in [0.717, 1.165) is 21.3 Å². The highest BCUT2D eigenvalue weighted by Crippen LogP contribution is 2.32. The van der Waals surface area contributed by atoms with Crippen molar-refractivity contribution in [3.8, 4) is 0 Å². The summed E-state index contributed by atoms with van der Waals surface area (Å²) in [6.45, 7) is 1.33. The number of hydrogen-bond acceptors (Lipinski definition) is 7. The molecule has 3 rings (SSSR count). The Morgan fingerprint density at radius 2 is 1.66 bits per heavy atom. The second kappa shape index (κ2) is 9.09. The predicted octanol–water partition coefficient (Wildman–Crippen LogP) is 1.95. The molecule has 2 heterocycles. The van der Waals surface area contributed by atoms with Crippen LogP contribution in [0, 0.1) is 0 Å². The Bertz CT molecular complexity index is 1360. The molecular weight excluding hydrogens is 515 g/mol. The average molecular weight is 536 g/mol. The minimum Gasteiger partial charge on any atom is -0.308 e. The van der Waals surface area contributed by atoms with E-state index in [-0.39, 0.29) is 18.1 Å². The van der Waals surface area contributed by atoms with Crippen molar-refractivity contribution < 1.29 is 39.6 Å². The Morgan fingerprint density at radius 3 is 2.20 bits per heavy atom.